The summed E-state index contributed by atoms with van der Waals surface area (Å²) in [5.41, 5.74) is 2.80. The van der Waals surface area contributed by atoms with Crippen molar-refractivity contribution in [2.75, 3.05) is 32.8 Å². The molecule has 1 amide bonds. The zero-order valence-corrected chi connectivity index (χ0v) is 24.3. The summed E-state index contributed by atoms with van der Waals surface area (Å²) in [5.74, 6) is -0.245. The summed E-state index contributed by atoms with van der Waals surface area (Å²) >= 11 is 0.985. The molecule has 2 aromatic carbocycles. The maximum absolute atomic E-state index is 14.1. The molecule has 11 heteroatoms. The average Bonchev–Trinajstić information content (AvgIpc) is 3.49. The number of carbonyl (C=O) groups is 2. The highest BCUT2D eigenvalue weighted by Gasteiger charge is 2.46. The van der Waals surface area contributed by atoms with Gasteiger partial charge in [-0.25, -0.2) is 9.78 Å². The van der Waals surface area contributed by atoms with Crippen molar-refractivity contribution in [3.8, 4) is 17.2 Å². The number of aryl methyl sites for hydroxylation is 3. The molecule has 10 nitrogen and oxygen atoms in total. The Morgan fingerprint density at radius 3 is 2.32 bits per heavy atom. The Balaban J connectivity index is 1.79. The number of carbonyl (C=O) groups excluding carboxylic acids is 2. The van der Waals surface area contributed by atoms with Gasteiger partial charge in [-0.05, 0) is 61.7 Å². The lowest BCUT2D eigenvalue weighted by atomic mass is 9.97. The molecule has 0 radical (unpaired) electrons. The first-order valence-electron chi connectivity index (χ1n) is 12.6. The Bertz CT molecular complexity index is 1760. The Labute approximate surface area is 239 Å². The van der Waals surface area contributed by atoms with E-state index in [-0.39, 0.29) is 33.4 Å². The van der Waals surface area contributed by atoms with Crippen LogP contribution in [-0.2, 0) is 4.74 Å². The van der Waals surface area contributed by atoms with E-state index in [9.17, 15) is 14.4 Å². The number of hydrogen-bond acceptors (Lipinski definition) is 10. The predicted molar refractivity (Wildman–Crippen MR) is 154 cm³/mol. The van der Waals surface area contributed by atoms with Gasteiger partial charge in [0.1, 0.15) is 17.1 Å². The van der Waals surface area contributed by atoms with Gasteiger partial charge in [-0.15, -0.1) is 0 Å². The molecule has 0 N–H and O–H groups in total. The van der Waals surface area contributed by atoms with E-state index in [4.69, 9.17) is 23.4 Å². The lowest BCUT2D eigenvalue weighted by molar-refractivity contribution is 0.0554. The molecule has 0 spiro atoms. The molecule has 0 saturated heterocycles. The van der Waals surface area contributed by atoms with Crippen LogP contribution in [0.15, 0.2) is 46.1 Å². The molecular weight excluding hydrogens is 548 g/mol. The number of hydrogen-bond donors (Lipinski definition) is 0. The molecule has 1 atom stereocenters. The van der Waals surface area contributed by atoms with Gasteiger partial charge in [0.2, 0.25) is 11.5 Å². The summed E-state index contributed by atoms with van der Waals surface area (Å²) in [6.07, 6.45) is 1.46. The number of ether oxygens (including phenoxy) is 4. The van der Waals surface area contributed by atoms with Crippen molar-refractivity contribution in [1.82, 2.24) is 4.98 Å². The molecule has 0 fully saturated rings. The first-order chi connectivity index (χ1) is 19.6. The molecule has 212 valence electrons. The third-order valence-corrected chi connectivity index (χ3v) is 8.14. The van der Waals surface area contributed by atoms with Crippen molar-refractivity contribution in [3.05, 3.63) is 85.7 Å². The molecule has 0 saturated carbocycles. The van der Waals surface area contributed by atoms with Crippen molar-refractivity contribution < 1.29 is 33.0 Å². The number of amides is 1. The number of nitrogens with zero attached hydrogens (tertiary/aromatic N) is 2. The van der Waals surface area contributed by atoms with Gasteiger partial charge in [-0.3, -0.25) is 14.5 Å². The first-order valence-corrected chi connectivity index (χ1v) is 13.4. The molecule has 41 heavy (non-hydrogen) atoms. The smallest absolute Gasteiger partial charge is 0.350 e. The average molecular weight is 577 g/mol. The largest absolute Gasteiger partial charge is 0.493 e. The summed E-state index contributed by atoms with van der Waals surface area (Å²) in [4.78, 5) is 47.0. The summed E-state index contributed by atoms with van der Waals surface area (Å²) in [7, 11) is 4.44. The molecule has 2 aromatic heterocycles. The highest BCUT2D eigenvalue weighted by atomic mass is 32.1. The van der Waals surface area contributed by atoms with Crippen molar-refractivity contribution in [2.45, 2.75) is 26.8 Å². The molecule has 1 aliphatic heterocycles. The second kappa shape index (κ2) is 10.7. The molecule has 0 aliphatic carbocycles. The number of aromatic nitrogens is 1. The fraction of sp³-hybridized carbons (Fsp3) is 0.267. The van der Waals surface area contributed by atoms with Crippen LogP contribution in [-0.4, -0.2) is 44.8 Å². The Hall–Kier alpha value is -4.64. The minimum atomic E-state index is -0.976. The van der Waals surface area contributed by atoms with Crippen LogP contribution in [0.5, 0.6) is 17.2 Å². The molecule has 1 aliphatic rings. The predicted octanol–water partition coefficient (Wildman–Crippen LogP) is 5.29. The van der Waals surface area contributed by atoms with E-state index in [2.05, 4.69) is 11.6 Å². The van der Waals surface area contributed by atoms with E-state index in [1.807, 2.05) is 13.8 Å². The lowest BCUT2D eigenvalue weighted by Gasteiger charge is -2.24. The highest BCUT2D eigenvalue weighted by Crippen LogP contribution is 2.47. The van der Waals surface area contributed by atoms with Gasteiger partial charge < -0.3 is 23.4 Å². The van der Waals surface area contributed by atoms with Crippen LogP contribution in [0.3, 0.4) is 0 Å². The van der Waals surface area contributed by atoms with Gasteiger partial charge in [-0.1, -0.05) is 24.0 Å². The number of rotatable bonds is 8. The molecule has 1 unspecified atom stereocenters. The molecular formula is C30H28N2O8S. The minimum Gasteiger partial charge on any atom is -0.493 e. The summed E-state index contributed by atoms with van der Waals surface area (Å²) in [6, 6.07) is 5.88. The fourth-order valence-corrected chi connectivity index (χ4v) is 5.86. The third-order valence-electron chi connectivity index (χ3n) is 7.00. The van der Waals surface area contributed by atoms with Gasteiger partial charge >= 0.3 is 5.97 Å². The Morgan fingerprint density at radius 2 is 1.71 bits per heavy atom. The van der Waals surface area contributed by atoms with E-state index in [1.54, 1.807) is 31.2 Å². The third kappa shape index (κ3) is 4.51. The number of esters is 1. The van der Waals surface area contributed by atoms with Gasteiger partial charge in [0.25, 0.3) is 5.91 Å². The quantitative estimate of drug-likeness (QED) is 0.204. The van der Waals surface area contributed by atoms with Crippen molar-refractivity contribution >= 4 is 39.3 Å². The van der Waals surface area contributed by atoms with Gasteiger partial charge in [-0.2, -0.15) is 0 Å². The van der Waals surface area contributed by atoms with E-state index in [0.717, 1.165) is 22.5 Å². The maximum atomic E-state index is 14.1. The topological polar surface area (TPSA) is 117 Å². The summed E-state index contributed by atoms with van der Waals surface area (Å²) in [6.45, 7) is 9.04. The van der Waals surface area contributed by atoms with Gasteiger partial charge in [0, 0.05) is 0 Å². The zero-order chi connectivity index (χ0) is 29.6. The monoisotopic (exact) mass is 576 g/mol. The van der Waals surface area contributed by atoms with Crippen LogP contribution < -0.4 is 24.5 Å². The number of fused-ring (bicyclic) bond motifs is 2. The minimum absolute atomic E-state index is 0.0253. The Kier molecular flexibility index (Phi) is 7.31. The second-order valence-corrected chi connectivity index (χ2v) is 10.4. The zero-order valence-electron chi connectivity index (χ0n) is 23.4. The van der Waals surface area contributed by atoms with Crippen LogP contribution in [0.1, 0.15) is 54.2 Å². The van der Waals surface area contributed by atoms with Crippen LogP contribution in [0.4, 0.5) is 5.13 Å². The first kappa shape index (κ1) is 27.9. The standard InChI is InChI=1S/C30H28N2O8S/c1-8-9-39-29(35)27-16(4)31-30(41-27)32-23(17-12-20(36-5)25(38-7)21(13-17)37-6)22-24(33)18-10-14(2)15(3)11-19(18)40-26(22)28(32)34/h8,10-13,23H,1,9H2,2-7H3. The van der Waals surface area contributed by atoms with Crippen LogP contribution in [0, 0.1) is 20.8 Å². The van der Waals surface area contributed by atoms with Crippen LogP contribution in [0.2, 0.25) is 0 Å². The Morgan fingerprint density at radius 1 is 1.05 bits per heavy atom. The van der Waals surface area contributed by atoms with E-state index >= 15 is 0 Å². The number of thiazole rings is 1. The normalized spacial score (nSPS) is 14.2. The number of benzene rings is 2. The number of anilines is 1. The fourth-order valence-electron chi connectivity index (χ4n) is 4.87. The van der Waals surface area contributed by atoms with Crippen molar-refractivity contribution in [3.63, 3.8) is 0 Å². The number of methoxy groups -OCH3 is 3. The SMILES string of the molecule is C=CCOC(=O)c1sc(N2C(=O)c3oc4cc(C)c(C)cc4c(=O)c3C2c2cc(OC)c(OC)c(OC)c2)nc1C. The van der Waals surface area contributed by atoms with Crippen molar-refractivity contribution in [2.24, 2.45) is 0 Å². The summed E-state index contributed by atoms with van der Waals surface area (Å²) in [5, 5.41) is 0.543. The van der Waals surface area contributed by atoms with Crippen LogP contribution >= 0.6 is 11.3 Å². The summed E-state index contributed by atoms with van der Waals surface area (Å²) < 4.78 is 27.9. The van der Waals surface area contributed by atoms with Crippen molar-refractivity contribution in [1.29, 1.82) is 0 Å². The van der Waals surface area contributed by atoms with Gasteiger partial charge in [0.15, 0.2) is 22.1 Å². The van der Waals surface area contributed by atoms with E-state index < -0.39 is 17.9 Å². The molecule has 0 bridgehead atoms. The molecule has 3 heterocycles. The van der Waals surface area contributed by atoms with E-state index in [1.165, 1.54) is 32.3 Å². The van der Waals surface area contributed by atoms with E-state index in [0.29, 0.717) is 39.5 Å². The highest BCUT2D eigenvalue weighted by molar-refractivity contribution is 7.17. The van der Waals surface area contributed by atoms with Gasteiger partial charge in [0.05, 0.1) is 44.0 Å². The molecule has 4 aromatic rings. The lowest BCUT2D eigenvalue weighted by Crippen LogP contribution is -2.29. The maximum Gasteiger partial charge on any atom is 0.350 e. The molecule has 5 rings (SSSR count). The van der Waals surface area contributed by atoms with Crippen LogP contribution in [0.25, 0.3) is 11.0 Å². The second-order valence-electron chi connectivity index (χ2n) is 9.44.